The molecule has 1 aromatic carbocycles. The Hall–Kier alpha value is -1.35. The molecule has 0 saturated heterocycles. The van der Waals surface area contributed by atoms with Crippen LogP contribution in [-0.2, 0) is 4.79 Å². The smallest absolute Gasteiger partial charge is 0.241 e. The number of hydrogen-bond donors (Lipinski definition) is 2. The van der Waals surface area contributed by atoms with Gasteiger partial charge in [-0.2, -0.15) is 0 Å². The molecule has 2 rings (SSSR count). The lowest BCUT2D eigenvalue weighted by Crippen LogP contribution is -2.40. The molecule has 1 atom stereocenters. The molecule has 0 bridgehead atoms. The van der Waals surface area contributed by atoms with Crippen molar-refractivity contribution >= 4 is 11.6 Å². The second kappa shape index (κ2) is 7.29. The Morgan fingerprint density at radius 3 is 2.58 bits per heavy atom. The summed E-state index contributed by atoms with van der Waals surface area (Å²) in [6.45, 7) is 2.89. The number of anilines is 1. The lowest BCUT2D eigenvalue weighted by molar-refractivity contribution is -0.117. The minimum atomic E-state index is -0.137. The molecule has 19 heavy (non-hydrogen) atoms. The second-order valence-corrected chi connectivity index (χ2v) is 5.49. The Kier molecular flexibility index (Phi) is 5.40. The zero-order valence-corrected chi connectivity index (χ0v) is 11.7. The predicted molar refractivity (Wildman–Crippen MR) is 79.1 cm³/mol. The standard InChI is InChI=1S/C16H24N2O/c1-13(17-12-14-8-4-2-5-9-14)16(19)18-15-10-6-3-7-11-15/h3,6-7,10-11,13-14,17H,2,4-5,8-9,12H2,1H3,(H,18,19). The maximum atomic E-state index is 12.0. The summed E-state index contributed by atoms with van der Waals surface area (Å²) in [4.78, 5) is 12.0. The molecule has 1 unspecified atom stereocenters. The number of carbonyl (C=O) groups is 1. The van der Waals surface area contributed by atoms with Gasteiger partial charge in [-0.15, -0.1) is 0 Å². The van der Waals surface area contributed by atoms with Crippen molar-refractivity contribution in [3.05, 3.63) is 30.3 Å². The van der Waals surface area contributed by atoms with Crippen LogP contribution in [0.15, 0.2) is 30.3 Å². The van der Waals surface area contributed by atoms with Crippen molar-refractivity contribution in [1.29, 1.82) is 0 Å². The molecule has 3 heteroatoms. The van der Waals surface area contributed by atoms with Crippen molar-refractivity contribution in [3.8, 4) is 0 Å². The molecule has 0 aromatic heterocycles. The van der Waals surface area contributed by atoms with Gasteiger partial charge in [0.15, 0.2) is 0 Å². The topological polar surface area (TPSA) is 41.1 Å². The van der Waals surface area contributed by atoms with Crippen LogP contribution >= 0.6 is 0 Å². The van der Waals surface area contributed by atoms with Crippen molar-refractivity contribution in [2.75, 3.05) is 11.9 Å². The van der Waals surface area contributed by atoms with E-state index in [1.165, 1.54) is 32.1 Å². The molecular formula is C16H24N2O. The van der Waals surface area contributed by atoms with Crippen molar-refractivity contribution in [3.63, 3.8) is 0 Å². The van der Waals surface area contributed by atoms with E-state index in [0.29, 0.717) is 0 Å². The first-order chi connectivity index (χ1) is 9.25. The van der Waals surface area contributed by atoms with Gasteiger partial charge in [-0.05, 0) is 44.4 Å². The average molecular weight is 260 g/mol. The molecule has 0 spiro atoms. The van der Waals surface area contributed by atoms with Gasteiger partial charge in [0, 0.05) is 5.69 Å². The summed E-state index contributed by atoms with van der Waals surface area (Å²) < 4.78 is 0. The van der Waals surface area contributed by atoms with Crippen LogP contribution in [0.5, 0.6) is 0 Å². The van der Waals surface area contributed by atoms with E-state index < -0.39 is 0 Å². The van der Waals surface area contributed by atoms with Gasteiger partial charge < -0.3 is 10.6 Å². The lowest BCUT2D eigenvalue weighted by atomic mass is 9.89. The van der Waals surface area contributed by atoms with Crippen LogP contribution in [0.4, 0.5) is 5.69 Å². The number of rotatable bonds is 5. The zero-order chi connectivity index (χ0) is 13.5. The normalized spacial score (nSPS) is 17.9. The number of hydrogen-bond acceptors (Lipinski definition) is 2. The molecule has 104 valence electrons. The number of nitrogens with one attached hydrogen (secondary N) is 2. The molecule has 0 radical (unpaired) electrons. The third kappa shape index (κ3) is 4.67. The minimum Gasteiger partial charge on any atom is -0.325 e. The Balaban J connectivity index is 1.73. The highest BCUT2D eigenvalue weighted by Gasteiger charge is 2.17. The zero-order valence-electron chi connectivity index (χ0n) is 11.7. The van der Waals surface area contributed by atoms with Crippen LogP contribution in [0.1, 0.15) is 39.0 Å². The van der Waals surface area contributed by atoms with Gasteiger partial charge in [0.25, 0.3) is 0 Å². The maximum absolute atomic E-state index is 12.0. The van der Waals surface area contributed by atoms with E-state index >= 15 is 0 Å². The predicted octanol–water partition coefficient (Wildman–Crippen LogP) is 3.18. The number of carbonyl (C=O) groups excluding carboxylic acids is 1. The van der Waals surface area contributed by atoms with Crippen LogP contribution in [0.3, 0.4) is 0 Å². The van der Waals surface area contributed by atoms with E-state index in [1.54, 1.807) is 0 Å². The van der Waals surface area contributed by atoms with Crippen molar-refractivity contribution < 1.29 is 4.79 Å². The monoisotopic (exact) mass is 260 g/mol. The van der Waals surface area contributed by atoms with E-state index in [0.717, 1.165) is 18.2 Å². The first kappa shape index (κ1) is 14.1. The Labute approximate surface area is 115 Å². The van der Waals surface area contributed by atoms with Gasteiger partial charge >= 0.3 is 0 Å². The fourth-order valence-corrected chi connectivity index (χ4v) is 2.60. The fraction of sp³-hybridized carbons (Fsp3) is 0.562. The molecule has 0 aliphatic heterocycles. The minimum absolute atomic E-state index is 0.0435. The van der Waals surface area contributed by atoms with Crippen LogP contribution in [0.25, 0.3) is 0 Å². The molecule has 1 saturated carbocycles. The first-order valence-electron chi connectivity index (χ1n) is 7.35. The van der Waals surface area contributed by atoms with E-state index in [-0.39, 0.29) is 11.9 Å². The summed E-state index contributed by atoms with van der Waals surface area (Å²) in [5.41, 5.74) is 0.860. The molecule has 2 N–H and O–H groups in total. The Bertz CT molecular complexity index is 385. The summed E-state index contributed by atoms with van der Waals surface area (Å²) in [6.07, 6.45) is 6.68. The summed E-state index contributed by atoms with van der Waals surface area (Å²) in [7, 11) is 0. The van der Waals surface area contributed by atoms with Gasteiger partial charge in [0.05, 0.1) is 6.04 Å². The second-order valence-electron chi connectivity index (χ2n) is 5.49. The van der Waals surface area contributed by atoms with Gasteiger partial charge in [-0.25, -0.2) is 0 Å². The first-order valence-corrected chi connectivity index (χ1v) is 7.35. The third-order valence-corrected chi connectivity index (χ3v) is 3.87. The molecule has 1 amide bonds. The van der Waals surface area contributed by atoms with Crippen molar-refractivity contribution in [2.24, 2.45) is 5.92 Å². The highest BCUT2D eigenvalue weighted by Crippen LogP contribution is 2.22. The summed E-state index contributed by atoms with van der Waals surface area (Å²) in [6, 6.07) is 9.48. The SMILES string of the molecule is CC(NCC1CCCCC1)C(=O)Nc1ccccc1. The van der Waals surface area contributed by atoms with Gasteiger partial charge in [0.1, 0.15) is 0 Å². The van der Waals surface area contributed by atoms with Crippen LogP contribution in [0, 0.1) is 5.92 Å². The fourth-order valence-electron chi connectivity index (χ4n) is 2.60. The lowest BCUT2D eigenvalue weighted by Gasteiger charge is -2.23. The highest BCUT2D eigenvalue weighted by atomic mass is 16.2. The average Bonchev–Trinajstić information content (AvgIpc) is 2.47. The molecule has 1 aromatic rings. The Morgan fingerprint density at radius 2 is 1.89 bits per heavy atom. The van der Waals surface area contributed by atoms with Crippen LogP contribution < -0.4 is 10.6 Å². The van der Waals surface area contributed by atoms with Gasteiger partial charge in [-0.1, -0.05) is 37.5 Å². The third-order valence-electron chi connectivity index (χ3n) is 3.87. The summed E-state index contributed by atoms with van der Waals surface area (Å²) in [5, 5.41) is 6.29. The summed E-state index contributed by atoms with van der Waals surface area (Å²) >= 11 is 0. The number of benzene rings is 1. The highest BCUT2D eigenvalue weighted by molar-refractivity contribution is 5.94. The van der Waals surface area contributed by atoms with Gasteiger partial charge in [0.2, 0.25) is 5.91 Å². The van der Waals surface area contributed by atoms with E-state index in [9.17, 15) is 4.79 Å². The van der Waals surface area contributed by atoms with Crippen molar-refractivity contribution in [1.82, 2.24) is 5.32 Å². The maximum Gasteiger partial charge on any atom is 0.241 e. The van der Waals surface area contributed by atoms with Crippen molar-refractivity contribution in [2.45, 2.75) is 45.1 Å². The van der Waals surface area contributed by atoms with E-state index in [4.69, 9.17) is 0 Å². The molecule has 1 fully saturated rings. The molecule has 1 aliphatic carbocycles. The molecule has 0 heterocycles. The van der Waals surface area contributed by atoms with Gasteiger partial charge in [-0.3, -0.25) is 4.79 Å². The van der Waals surface area contributed by atoms with E-state index in [2.05, 4.69) is 10.6 Å². The van der Waals surface area contributed by atoms with E-state index in [1.807, 2.05) is 37.3 Å². The Morgan fingerprint density at radius 1 is 1.21 bits per heavy atom. The number of amides is 1. The number of para-hydroxylation sites is 1. The summed E-state index contributed by atoms with van der Waals surface area (Å²) in [5.74, 6) is 0.794. The molecule has 1 aliphatic rings. The van der Waals surface area contributed by atoms with Crippen LogP contribution in [0.2, 0.25) is 0 Å². The van der Waals surface area contributed by atoms with Crippen LogP contribution in [-0.4, -0.2) is 18.5 Å². The molecular weight excluding hydrogens is 236 g/mol. The molecule has 3 nitrogen and oxygen atoms in total. The largest absolute Gasteiger partial charge is 0.325 e. The quantitative estimate of drug-likeness (QED) is 0.853.